The number of rotatable bonds is 7. The van der Waals surface area contributed by atoms with Crippen molar-refractivity contribution < 1.29 is 5.11 Å². The molecule has 92 valence electrons. The van der Waals surface area contributed by atoms with Gasteiger partial charge < -0.3 is 15.4 Å². The maximum Gasteiger partial charge on any atom is 0.151 e. The van der Waals surface area contributed by atoms with Crippen LogP contribution in [0.1, 0.15) is 38.2 Å². The Morgan fingerprint density at radius 3 is 2.94 bits per heavy atom. The van der Waals surface area contributed by atoms with E-state index in [1.807, 2.05) is 6.92 Å². The van der Waals surface area contributed by atoms with E-state index in [1.165, 1.54) is 0 Å². The van der Waals surface area contributed by atoms with Crippen LogP contribution in [-0.4, -0.2) is 27.7 Å². The van der Waals surface area contributed by atoms with Crippen LogP contribution in [0.25, 0.3) is 0 Å². The third-order valence-electron chi connectivity index (χ3n) is 2.45. The van der Waals surface area contributed by atoms with Crippen molar-refractivity contribution in [1.29, 1.82) is 0 Å². The van der Waals surface area contributed by atoms with Crippen molar-refractivity contribution in [3.05, 3.63) is 16.7 Å². The van der Waals surface area contributed by atoms with E-state index in [1.54, 1.807) is 0 Å². The standard InChI is InChI=1S/C11H20ClN3O/c1-3-4-5-10-14-9(11(12)15-10)6-13-8(2)7-16/h8,13,16H,3-7H2,1-2H3,(H,14,15)/t8-/m1/s1. The van der Waals surface area contributed by atoms with Gasteiger partial charge in [0.1, 0.15) is 5.82 Å². The minimum absolute atomic E-state index is 0.0680. The molecule has 0 amide bonds. The topological polar surface area (TPSA) is 60.9 Å². The van der Waals surface area contributed by atoms with Gasteiger partial charge in [-0.05, 0) is 13.3 Å². The first kappa shape index (κ1) is 13.5. The lowest BCUT2D eigenvalue weighted by molar-refractivity contribution is 0.250. The van der Waals surface area contributed by atoms with Gasteiger partial charge >= 0.3 is 0 Å². The highest BCUT2D eigenvalue weighted by molar-refractivity contribution is 6.30. The Bertz CT molecular complexity index is 314. The van der Waals surface area contributed by atoms with Gasteiger partial charge in [0.25, 0.3) is 0 Å². The molecule has 0 aliphatic carbocycles. The van der Waals surface area contributed by atoms with Crippen LogP contribution in [0.3, 0.4) is 0 Å². The van der Waals surface area contributed by atoms with E-state index in [2.05, 4.69) is 22.2 Å². The molecule has 1 rings (SSSR count). The molecule has 0 aliphatic heterocycles. The van der Waals surface area contributed by atoms with E-state index in [-0.39, 0.29) is 12.6 Å². The van der Waals surface area contributed by atoms with Crippen molar-refractivity contribution in [3.63, 3.8) is 0 Å². The molecule has 0 saturated heterocycles. The van der Waals surface area contributed by atoms with E-state index in [0.29, 0.717) is 11.7 Å². The highest BCUT2D eigenvalue weighted by Gasteiger charge is 2.08. The fraction of sp³-hybridized carbons (Fsp3) is 0.727. The van der Waals surface area contributed by atoms with E-state index in [4.69, 9.17) is 16.7 Å². The first-order valence-corrected chi connectivity index (χ1v) is 6.12. The van der Waals surface area contributed by atoms with Crippen molar-refractivity contribution >= 4 is 11.6 Å². The van der Waals surface area contributed by atoms with Crippen LogP contribution in [0.4, 0.5) is 0 Å². The van der Waals surface area contributed by atoms with Gasteiger partial charge in [-0.1, -0.05) is 24.9 Å². The van der Waals surface area contributed by atoms with E-state index < -0.39 is 0 Å². The van der Waals surface area contributed by atoms with Gasteiger partial charge in [0.05, 0.1) is 12.3 Å². The van der Waals surface area contributed by atoms with E-state index in [0.717, 1.165) is 30.8 Å². The monoisotopic (exact) mass is 245 g/mol. The lowest BCUT2D eigenvalue weighted by Gasteiger charge is -2.08. The molecule has 0 aromatic carbocycles. The average Bonchev–Trinajstić information content (AvgIpc) is 2.64. The summed E-state index contributed by atoms with van der Waals surface area (Å²) in [6, 6.07) is 0.0680. The van der Waals surface area contributed by atoms with E-state index >= 15 is 0 Å². The van der Waals surface area contributed by atoms with Crippen LogP contribution >= 0.6 is 11.6 Å². The maximum absolute atomic E-state index is 8.88. The summed E-state index contributed by atoms with van der Waals surface area (Å²) in [6.45, 7) is 4.80. The number of unbranched alkanes of at least 4 members (excludes halogenated alkanes) is 1. The minimum Gasteiger partial charge on any atom is -0.395 e. The first-order chi connectivity index (χ1) is 7.67. The van der Waals surface area contributed by atoms with Gasteiger partial charge in [-0.3, -0.25) is 0 Å². The normalized spacial score (nSPS) is 13.0. The number of nitrogens with zero attached hydrogens (tertiary/aromatic N) is 1. The summed E-state index contributed by atoms with van der Waals surface area (Å²) in [5.74, 6) is 0.945. The number of imidazole rings is 1. The molecule has 4 nitrogen and oxygen atoms in total. The van der Waals surface area contributed by atoms with Gasteiger partial charge in [0.15, 0.2) is 5.15 Å². The minimum atomic E-state index is 0.0680. The molecule has 1 atom stereocenters. The molecule has 0 aliphatic rings. The largest absolute Gasteiger partial charge is 0.395 e. The van der Waals surface area contributed by atoms with Gasteiger partial charge in [0, 0.05) is 19.0 Å². The Balaban J connectivity index is 2.49. The van der Waals surface area contributed by atoms with Gasteiger partial charge in [-0.15, -0.1) is 0 Å². The van der Waals surface area contributed by atoms with Crippen molar-refractivity contribution in [2.24, 2.45) is 0 Å². The molecule has 1 heterocycles. The number of hydrogen-bond donors (Lipinski definition) is 3. The second-order valence-electron chi connectivity index (χ2n) is 4.02. The summed E-state index contributed by atoms with van der Waals surface area (Å²) < 4.78 is 0. The molecule has 0 radical (unpaired) electrons. The predicted octanol–water partition coefficient (Wildman–Crippen LogP) is 1.88. The van der Waals surface area contributed by atoms with Crippen LogP contribution in [-0.2, 0) is 13.0 Å². The van der Waals surface area contributed by atoms with Gasteiger partial charge in [0.2, 0.25) is 0 Å². The zero-order valence-electron chi connectivity index (χ0n) is 9.89. The Kier molecular flexibility index (Phi) is 5.80. The zero-order valence-corrected chi connectivity index (χ0v) is 10.6. The third-order valence-corrected chi connectivity index (χ3v) is 2.76. The molecule has 5 heteroatoms. The fourth-order valence-electron chi connectivity index (χ4n) is 1.36. The molecule has 16 heavy (non-hydrogen) atoms. The van der Waals surface area contributed by atoms with Crippen molar-refractivity contribution in [1.82, 2.24) is 15.3 Å². The number of aliphatic hydroxyl groups excluding tert-OH is 1. The quantitative estimate of drug-likeness (QED) is 0.687. The Hall–Kier alpha value is -0.580. The molecule has 0 spiro atoms. The number of nitrogens with one attached hydrogen (secondary N) is 2. The number of aliphatic hydroxyl groups is 1. The summed E-state index contributed by atoms with van der Waals surface area (Å²) in [6.07, 6.45) is 3.20. The number of aromatic nitrogens is 2. The van der Waals surface area contributed by atoms with Gasteiger partial charge in [-0.25, -0.2) is 4.98 Å². The molecule has 1 aromatic heterocycles. The molecule has 1 aromatic rings. The highest BCUT2D eigenvalue weighted by atomic mass is 35.5. The maximum atomic E-state index is 8.88. The van der Waals surface area contributed by atoms with Crippen LogP contribution in [0.2, 0.25) is 5.15 Å². The third kappa shape index (κ3) is 4.12. The SMILES string of the molecule is CCCCc1nc(Cl)c(CN[C@H](C)CO)[nH]1. The number of H-pyrrole nitrogens is 1. The lowest BCUT2D eigenvalue weighted by Crippen LogP contribution is -2.28. The fourth-order valence-corrected chi connectivity index (χ4v) is 1.58. The molecule has 0 saturated carbocycles. The predicted molar refractivity (Wildman–Crippen MR) is 65.6 cm³/mol. The summed E-state index contributed by atoms with van der Waals surface area (Å²) >= 11 is 6.01. The second-order valence-corrected chi connectivity index (χ2v) is 4.38. The average molecular weight is 246 g/mol. The summed E-state index contributed by atoms with van der Waals surface area (Å²) in [5, 5.41) is 12.6. The molecule has 3 N–H and O–H groups in total. The number of hydrogen-bond acceptors (Lipinski definition) is 3. The Morgan fingerprint density at radius 1 is 1.56 bits per heavy atom. The lowest BCUT2D eigenvalue weighted by atomic mass is 10.2. The Labute approximate surface area is 101 Å². The number of aromatic amines is 1. The van der Waals surface area contributed by atoms with Crippen LogP contribution in [0.15, 0.2) is 0 Å². The Morgan fingerprint density at radius 2 is 2.31 bits per heavy atom. The highest BCUT2D eigenvalue weighted by Crippen LogP contribution is 2.14. The van der Waals surface area contributed by atoms with Crippen molar-refractivity contribution in [2.75, 3.05) is 6.61 Å². The van der Waals surface area contributed by atoms with E-state index in [9.17, 15) is 0 Å². The van der Waals surface area contributed by atoms with Crippen molar-refractivity contribution in [3.8, 4) is 0 Å². The first-order valence-electron chi connectivity index (χ1n) is 5.74. The van der Waals surface area contributed by atoms with Crippen LogP contribution < -0.4 is 5.32 Å². The van der Waals surface area contributed by atoms with Crippen LogP contribution in [0.5, 0.6) is 0 Å². The molecule has 0 unspecified atom stereocenters. The molecule has 0 fully saturated rings. The molecule has 0 bridgehead atoms. The second kappa shape index (κ2) is 6.89. The van der Waals surface area contributed by atoms with Crippen LogP contribution in [0, 0.1) is 0 Å². The summed E-state index contributed by atoms with van der Waals surface area (Å²) in [7, 11) is 0. The van der Waals surface area contributed by atoms with Gasteiger partial charge in [-0.2, -0.15) is 0 Å². The van der Waals surface area contributed by atoms with Crippen molar-refractivity contribution in [2.45, 2.75) is 45.7 Å². The molecular weight excluding hydrogens is 226 g/mol. The molecular formula is C11H20ClN3O. The summed E-state index contributed by atoms with van der Waals surface area (Å²) in [5.41, 5.74) is 0.896. The number of halogens is 1. The summed E-state index contributed by atoms with van der Waals surface area (Å²) in [4.78, 5) is 7.47. The number of aryl methyl sites for hydroxylation is 1. The zero-order chi connectivity index (χ0) is 12.0. The smallest absolute Gasteiger partial charge is 0.151 e.